The fraction of sp³-hybridized carbons (Fsp3) is 0.600. The van der Waals surface area contributed by atoms with Gasteiger partial charge < -0.3 is 5.11 Å². The maximum absolute atomic E-state index is 9.79. The van der Waals surface area contributed by atoms with Crippen molar-refractivity contribution in [2.45, 2.75) is 31.7 Å². The van der Waals surface area contributed by atoms with Gasteiger partial charge in [0.05, 0.1) is 12.1 Å². The molecule has 1 atom stereocenters. The van der Waals surface area contributed by atoms with Crippen molar-refractivity contribution >= 4 is 0 Å². The summed E-state index contributed by atoms with van der Waals surface area (Å²) in [4.78, 5) is 2.45. The van der Waals surface area contributed by atoms with Crippen LogP contribution in [0.25, 0.3) is 0 Å². The van der Waals surface area contributed by atoms with Gasteiger partial charge in [0, 0.05) is 13.1 Å². The van der Waals surface area contributed by atoms with Crippen LogP contribution in [-0.2, 0) is 5.54 Å². The Labute approximate surface area is 103 Å². The predicted molar refractivity (Wildman–Crippen MR) is 68.7 cm³/mol. The van der Waals surface area contributed by atoms with Gasteiger partial charge >= 0.3 is 0 Å². The normalized spacial score (nSPS) is 26.0. The van der Waals surface area contributed by atoms with E-state index in [2.05, 4.69) is 36.1 Å². The summed E-state index contributed by atoms with van der Waals surface area (Å²) < 4.78 is 0. The number of benzene rings is 1. The molecule has 2 fully saturated rings. The quantitative estimate of drug-likeness (QED) is 0.863. The SMILES string of the molecule is CC(CO)(c1ccccc1)N1CC2(CCC2)C1. The Morgan fingerprint density at radius 3 is 2.35 bits per heavy atom. The number of hydrogen-bond donors (Lipinski definition) is 1. The van der Waals surface area contributed by atoms with Crippen molar-refractivity contribution in [3.05, 3.63) is 35.9 Å². The molecule has 1 saturated carbocycles. The molecule has 92 valence electrons. The number of hydrogen-bond acceptors (Lipinski definition) is 2. The average molecular weight is 231 g/mol. The highest BCUT2D eigenvalue weighted by atomic mass is 16.3. The van der Waals surface area contributed by atoms with Crippen molar-refractivity contribution in [1.82, 2.24) is 4.90 Å². The van der Waals surface area contributed by atoms with E-state index in [9.17, 15) is 5.11 Å². The molecule has 0 aromatic heterocycles. The fourth-order valence-electron chi connectivity index (χ4n) is 3.28. The molecule has 1 aliphatic carbocycles. The van der Waals surface area contributed by atoms with E-state index in [0.717, 1.165) is 0 Å². The van der Waals surface area contributed by atoms with Gasteiger partial charge in [-0.15, -0.1) is 0 Å². The standard InChI is InChI=1S/C15H21NO/c1-14(12-17,13-6-3-2-4-7-13)16-10-15(11-16)8-5-9-15/h2-4,6-7,17H,5,8-12H2,1H3. The van der Waals surface area contributed by atoms with Crippen LogP contribution < -0.4 is 0 Å². The average Bonchev–Trinajstić information content (AvgIpc) is 2.26. The lowest BCUT2D eigenvalue weighted by Gasteiger charge is -2.61. The molecule has 1 unspecified atom stereocenters. The zero-order valence-electron chi connectivity index (χ0n) is 10.5. The Hall–Kier alpha value is -0.860. The molecular weight excluding hydrogens is 210 g/mol. The van der Waals surface area contributed by atoms with Crippen molar-refractivity contribution in [3.63, 3.8) is 0 Å². The Bertz CT molecular complexity index is 391. The monoisotopic (exact) mass is 231 g/mol. The van der Waals surface area contributed by atoms with E-state index in [0.29, 0.717) is 5.41 Å². The summed E-state index contributed by atoms with van der Waals surface area (Å²) in [6.45, 7) is 4.69. The molecule has 2 aliphatic rings. The number of rotatable bonds is 3. The van der Waals surface area contributed by atoms with Crippen LogP contribution in [0.1, 0.15) is 31.7 Å². The molecule has 1 aliphatic heterocycles. The number of nitrogens with zero attached hydrogens (tertiary/aromatic N) is 1. The molecule has 0 radical (unpaired) electrons. The first-order valence-electron chi connectivity index (χ1n) is 6.60. The Morgan fingerprint density at radius 1 is 1.24 bits per heavy atom. The van der Waals surface area contributed by atoms with Gasteiger partial charge in [0.15, 0.2) is 0 Å². The third-order valence-electron chi connectivity index (χ3n) is 4.87. The summed E-state index contributed by atoms with van der Waals surface area (Å²) in [7, 11) is 0. The van der Waals surface area contributed by atoms with Crippen LogP contribution >= 0.6 is 0 Å². The summed E-state index contributed by atoms with van der Waals surface area (Å²) in [6.07, 6.45) is 4.18. The first kappa shape index (κ1) is 11.2. The highest BCUT2D eigenvalue weighted by molar-refractivity contribution is 5.25. The van der Waals surface area contributed by atoms with Crippen LogP contribution in [0.4, 0.5) is 0 Å². The summed E-state index contributed by atoms with van der Waals surface area (Å²) in [6, 6.07) is 10.4. The lowest BCUT2D eigenvalue weighted by molar-refractivity contribution is -0.130. The van der Waals surface area contributed by atoms with E-state index in [1.807, 2.05) is 6.07 Å². The minimum Gasteiger partial charge on any atom is -0.394 e. The number of likely N-dealkylation sites (tertiary alicyclic amines) is 1. The maximum atomic E-state index is 9.79. The molecule has 1 aromatic rings. The van der Waals surface area contributed by atoms with E-state index in [1.54, 1.807) is 0 Å². The molecule has 1 heterocycles. The molecule has 2 nitrogen and oxygen atoms in total. The van der Waals surface area contributed by atoms with Crippen LogP contribution in [0, 0.1) is 5.41 Å². The van der Waals surface area contributed by atoms with Gasteiger partial charge in [0.2, 0.25) is 0 Å². The van der Waals surface area contributed by atoms with E-state index in [1.165, 1.54) is 37.9 Å². The largest absolute Gasteiger partial charge is 0.394 e. The number of aliphatic hydroxyl groups excluding tert-OH is 1. The van der Waals surface area contributed by atoms with E-state index in [4.69, 9.17) is 0 Å². The van der Waals surface area contributed by atoms with Crippen molar-refractivity contribution in [1.29, 1.82) is 0 Å². The lowest BCUT2D eigenvalue weighted by Crippen LogP contribution is -2.66. The molecule has 1 N–H and O–H groups in total. The first-order valence-corrected chi connectivity index (χ1v) is 6.60. The molecule has 2 heteroatoms. The minimum atomic E-state index is -0.192. The second kappa shape index (κ2) is 3.82. The number of aliphatic hydroxyl groups is 1. The van der Waals surface area contributed by atoms with Gasteiger partial charge in [-0.1, -0.05) is 36.8 Å². The molecule has 1 saturated heterocycles. The second-order valence-electron chi connectivity index (χ2n) is 6.01. The molecule has 1 aromatic carbocycles. The summed E-state index contributed by atoms with van der Waals surface area (Å²) in [5.74, 6) is 0. The smallest absolute Gasteiger partial charge is 0.0665 e. The van der Waals surface area contributed by atoms with E-state index < -0.39 is 0 Å². The highest BCUT2D eigenvalue weighted by Crippen LogP contribution is 2.51. The van der Waals surface area contributed by atoms with Crippen LogP contribution in [0.5, 0.6) is 0 Å². The molecule has 0 bridgehead atoms. The summed E-state index contributed by atoms with van der Waals surface area (Å²) in [5, 5.41) is 9.79. The van der Waals surface area contributed by atoms with Crippen molar-refractivity contribution < 1.29 is 5.11 Å². The highest BCUT2D eigenvalue weighted by Gasteiger charge is 2.52. The van der Waals surface area contributed by atoms with Crippen molar-refractivity contribution in [2.24, 2.45) is 5.41 Å². The van der Waals surface area contributed by atoms with E-state index in [-0.39, 0.29) is 12.1 Å². The zero-order chi connectivity index (χ0) is 11.9. The first-order chi connectivity index (χ1) is 8.19. The molecular formula is C15H21NO. The Morgan fingerprint density at radius 2 is 1.88 bits per heavy atom. The lowest BCUT2D eigenvalue weighted by atomic mass is 9.62. The van der Waals surface area contributed by atoms with Crippen molar-refractivity contribution in [2.75, 3.05) is 19.7 Å². The molecule has 1 spiro atoms. The summed E-state index contributed by atoms with van der Waals surface area (Å²) in [5.41, 5.74) is 1.66. The second-order valence-corrected chi connectivity index (χ2v) is 6.01. The zero-order valence-corrected chi connectivity index (χ0v) is 10.5. The van der Waals surface area contributed by atoms with Crippen LogP contribution in [0.3, 0.4) is 0 Å². The van der Waals surface area contributed by atoms with Gasteiger partial charge in [-0.05, 0) is 30.7 Å². The van der Waals surface area contributed by atoms with Crippen molar-refractivity contribution in [3.8, 4) is 0 Å². The van der Waals surface area contributed by atoms with Gasteiger partial charge in [-0.25, -0.2) is 0 Å². The predicted octanol–water partition coefficient (Wildman–Crippen LogP) is 2.38. The Balaban J connectivity index is 1.79. The topological polar surface area (TPSA) is 23.5 Å². The van der Waals surface area contributed by atoms with Crippen LogP contribution in [0.15, 0.2) is 30.3 Å². The third kappa shape index (κ3) is 1.62. The van der Waals surface area contributed by atoms with Crippen LogP contribution in [-0.4, -0.2) is 29.7 Å². The molecule has 17 heavy (non-hydrogen) atoms. The molecule has 3 rings (SSSR count). The fourth-order valence-corrected chi connectivity index (χ4v) is 3.28. The van der Waals surface area contributed by atoms with Gasteiger partial charge in [0.25, 0.3) is 0 Å². The molecule has 0 amide bonds. The van der Waals surface area contributed by atoms with Crippen LogP contribution in [0.2, 0.25) is 0 Å². The minimum absolute atomic E-state index is 0.192. The third-order valence-corrected chi connectivity index (χ3v) is 4.87. The van der Waals surface area contributed by atoms with E-state index >= 15 is 0 Å². The Kier molecular flexibility index (Phi) is 2.53. The van der Waals surface area contributed by atoms with Gasteiger partial charge in [0.1, 0.15) is 0 Å². The van der Waals surface area contributed by atoms with Gasteiger partial charge in [-0.3, -0.25) is 4.90 Å². The maximum Gasteiger partial charge on any atom is 0.0665 e. The van der Waals surface area contributed by atoms with Gasteiger partial charge in [-0.2, -0.15) is 0 Å². The summed E-state index contributed by atoms with van der Waals surface area (Å²) >= 11 is 0.